The molecular weight excluding hydrogens is 323 g/mol. The lowest BCUT2D eigenvalue weighted by molar-refractivity contribution is -0.131. The van der Waals surface area contributed by atoms with Crippen molar-refractivity contribution in [3.8, 4) is 0 Å². The minimum atomic E-state index is 0.171. The zero-order valence-corrected chi connectivity index (χ0v) is 14.1. The number of aliphatic imine (C=N–C) groups is 1. The molecule has 120 valence electrons. The molecule has 0 bridgehead atoms. The maximum Gasteiger partial charge on any atom is 0.222 e. The first kappa shape index (κ1) is 16.9. The number of piperazine rings is 1. The molecule has 22 heavy (non-hydrogen) atoms. The van der Waals surface area contributed by atoms with E-state index in [1.54, 1.807) is 0 Å². The lowest BCUT2D eigenvalue weighted by Crippen LogP contribution is -2.48. The first-order valence-corrected chi connectivity index (χ1v) is 8.18. The number of nitrogens with zero attached hydrogens (tertiary/aromatic N) is 3. The van der Waals surface area contributed by atoms with Gasteiger partial charge >= 0.3 is 0 Å². The van der Waals surface area contributed by atoms with Crippen LogP contribution >= 0.6 is 23.2 Å². The van der Waals surface area contributed by atoms with Gasteiger partial charge in [-0.3, -0.25) is 4.79 Å². The van der Waals surface area contributed by atoms with Gasteiger partial charge in [0.05, 0.1) is 22.3 Å². The molecule has 0 aromatic heterocycles. The van der Waals surface area contributed by atoms with Crippen LogP contribution < -0.4 is 10.6 Å². The number of amides is 1. The Morgan fingerprint density at radius 3 is 2.59 bits per heavy atom. The summed E-state index contributed by atoms with van der Waals surface area (Å²) in [4.78, 5) is 20.1. The monoisotopic (exact) mass is 342 g/mol. The number of benzene rings is 1. The van der Waals surface area contributed by atoms with Gasteiger partial charge in [0.1, 0.15) is 5.84 Å². The fourth-order valence-corrected chi connectivity index (χ4v) is 2.84. The summed E-state index contributed by atoms with van der Waals surface area (Å²) in [5, 5.41) is 0.624. The Hall–Kier alpha value is -1.46. The summed E-state index contributed by atoms with van der Waals surface area (Å²) in [6, 6.07) is 5.53. The standard InChI is InChI=1S/C15H20Cl2N4O/c1-2-14(22)20-6-8-21(9-7-20)15-11(17)4-3-5-12(15)19-13(18)10-16/h3-5H,2,6-10H2,1H3,(H2,18,19). The van der Waals surface area contributed by atoms with Gasteiger partial charge in [0.2, 0.25) is 5.91 Å². The van der Waals surface area contributed by atoms with Gasteiger partial charge in [0, 0.05) is 32.6 Å². The summed E-state index contributed by atoms with van der Waals surface area (Å²) in [6.07, 6.45) is 0.536. The van der Waals surface area contributed by atoms with Gasteiger partial charge in [0.25, 0.3) is 0 Å². The Balaban J connectivity index is 2.21. The molecule has 0 unspecified atom stereocenters. The van der Waals surface area contributed by atoms with Gasteiger partial charge in [-0.25, -0.2) is 4.99 Å². The molecule has 1 fully saturated rings. The van der Waals surface area contributed by atoms with E-state index < -0.39 is 0 Å². The summed E-state index contributed by atoms with van der Waals surface area (Å²) in [5.41, 5.74) is 7.29. The van der Waals surface area contributed by atoms with Crippen molar-refractivity contribution in [3.63, 3.8) is 0 Å². The number of hydrogen-bond acceptors (Lipinski definition) is 3. The molecule has 1 saturated heterocycles. The average molecular weight is 343 g/mol. The maximum absolute atomic E-state index is 11.8. The highest BCUT2D eigenvalue weighted by atomic mass is 35.5. The number of rotatable bonds is 4. The SMILES string of the molecule is CCC(=O)N1CCN(c2c(Cl)cccc2N=C(N)CCl)CC1. The maximum atomic E-state index is 11.8. The van der Waals surface area contributed by atoms with Gasteiger partial charge in [-0.05, 0) is 12.1 Å². The summed E-state index contributed by atoms with van der Waals surface area (Å²) < 4.78 is 0. The third-order valence-electron chi connectivity index (χ3n) is 3.62. The van der Waals surface area contributed by atoms with E-state index >= 15 is 0 Å². The summed E-state index contributed by atoms with van der Waals surface area (Å²) in [5.74, 6) is 0.707. The van der Waals surface area contributed by atoms with Crippen LogP contribution in [0.3, 0.4) is 0 Å². The lowest BCUT2D eigenvalue weighted by Gasteiger charge is -2.36. The van der Waals surface area contributed by atoms with Crippen LogP contribution in [-0.4, -0.2) is 48.7 Å². The zero-order valence-electron chi connectivity index (χ0n) is 12.6. The van der Waals surface area contributed by atoms with Crippen LogP contribution in [0.4, 0.5) is 11.4 Å². The molecule has 1 aliphatic rings. The molecule has 0 aliphatic carbocycles. The second-order valence-electron chi connectivity index (χ2n) is 5.07. The van der Waals surface area contributed by atoms with E-state index in [0.29, 0.717) is 36.1 Å². The molecular formula is C15H20Cl2N4O. The van der Waals surface area contributed by atoms with Crippen LogP contribution in [-0.2, 0) is 4.79 Å². The van der Waals surface area contributed by atoms with Crippen LogP contribution in [0.25, 0.3) is 0 Å². The van der Waals surface area contributed by atoms with Crippen LogP contribution in [0.1, 0.15) is 13.3 Å². The second kappa shape index (κ2) is 7.70. The van der Waals surface area contributed by atoms with Crippen molar-refractivity contribution in [2.24, 2.45) is 10.7 Å². The molecule has 1 aromatic rings. The number of anilines is 1. The van der Waals surface area contributed by atoms with Crippen molar-refractivity contribution < 1.29 is 4.79 Å². The minimum absolute atomic E-state index is 0.171. The Labute approximate surface area is 140 Å². The van der Waals surface area contributed by atoms with E-state index in [1.807, 2.05) is 30.0 Å². The van der Waals surface area contributed by atoms with Crippen molar-refractivity contribution in [2.75, 3.05) is 37.0 Å². The normalized spacial score (nSPS) is 16.0. The minimum Gasteiger partial charge on any atom is -0.386 e. The topological polar surface area (TPSA) is 61.9 Å². The first-order chi connectivity index (χ1) is 10.6. The van der Waals surface area contributed by atoms with E-state index in [2.05, 4.69) is 9.89 Å². The van der Waals surface area contributed by atoms with Gasteiger partial charge in [0.15, 0.2) is 0 Å². The van der Waals surface area contributed by atoms with Crippen LogP contribution in [0.5, 0.6) is 0 Å². The Kier molecular flexibility index (Phi) is 5.91. The van der Waals surface area contributed by atoms with E-state index in [-0.39, 0.29) is 11.8 Å². The zero-order chi connectivity index (χ0) is 16.1. The van der Waals surface area contributed by atoms with Gasteiger partial charge in [-0.15, -0.1) is 11.6 Å². The summed E-state index contributed by atoms with van der Waals surface area (Å²) in [7, 11) is 0. The van der Waals surface area contributed by atoms with Crippen molar-refractivity contribution in [3.05, 3.63) is 23.2 Å². The third kappa shape index (κ3) is 3.84. The number of hydrogen-bond donors (Lipinski definition) is 1. The molecule has 1 heterocycles. The van der Waals surface area contributed by atoms with Crippen molar-refractivity contribution in [2.45, 2.75) is 13.3 Å². The molecule has 0 saturated carbocycles. The highest BCUT2D eigenvalue weighted by molar-refractivity contribution is 6.34. The number of nitrogens with two attached hydrogens (primary N) is 1. The third-order valence-corrected chi connectivity index (χ3v) is 4.20. The molecule has 2 N–H and O–H groups in total. The predicted octanol–water partition coefficient (Wildman–Crippen LogP) is 2.63. The highest BCUT2D eigenvalue weighted by Gasteiger charge is 2.23. The van der Waals surface area contributed by atoms with Crippen LogP contribution in [0.2, 0.25) is 5.02 Å². The van der Waals surface area contributed by atoms with E-state index in [4.69, 9.17) is 28.9 Å². The fourth-order valence-electron chi connectivity index (χ4n) is 2.49. The molecule has 1 aliphatic heterocycles. The molecule has 5 nitrogen and oxygen atoms in total. The fraction of sp³-hybridized carbons (Fsp3) is 0.467. The molecule has 0 radical (unpaired) electrons. The second-order valence-corrected chi connectivity index (χ2v) is 5.74. The number of halogens is 2. The van der Waals surface area contributed by atoms with E-state index in [1.165, 1.54) is 0 Å². The molecule has 0 atom stereocenters. The molecule has 2 rings (SSSR count). The largest absolute Gasteiger partial charge is 0.386 e. The number of alkyl halides is 1. The van der Waals surface area contributed by atoms with Gasteiger partial charge < -0.3 is 15.5 Å². The number of carbonyl (C=O) groups excluding carboxylic acids is 1. The van der Waals surface area contributed by atoms with Gasteiger partial charge in [-0.2, -0.15) is 0 Å². The lowest BCUT2D eigenvalue weighted by atomic mass is 10.2. The molecule has 1 amide bonds. The van der Waals surface area contributed by atoms with Crippen molar-refractivity contribution in [1.29, 1.82) is 0 Å². The average Bonchev–Trinajstić information content (AvgIpc) is 2.54. The number of amidine groups is 1. The van der Waals surface area contributed by atoms with Crippen LogP contribution in [0.15, 0.2) is 23.2 Å². The molecule has 0 spiro atoms. The first-order valence-electron chi connectivity index (χ1n) is 7.27. The van der Waals surface area contributed by atoms with Crippen molar-refractivity contribution in [1.82, 2.24) is 4.90 Å². The smallest absolute Gasteiger partial charge is 0.222 e. The Morgan fingerprint density at radius 1 is 1.32 bits per heavy atom. The molecule has 1 aromatic carbocycles. The van der Waals surface area contributed by atoms with Gasteiger partial charge in [-0.1, -0.05) is 24.6 Å². The predicted molar refractivity (Wildman–Crippen MR) is 92.5 cm³/mol. The van der Waals surface area contributed by atoms with Crippen molar-refractivity contribution >= 4 is 46.3 Å². The van der Waals surface area contributed by atoms with E-state index in [0.717, 1.165) is 18.8 Å². The summed E-state index contributed by atoms with van der Waals surface area (Å²) >= 11 is 12.1. The van der Waals surface area contributed by atoms with Crippen LogP contribution in [0, 0.1) is 0 Å². The van der Waals surface area contributed by atoms with E-state index in [9.17, 15) is 4.79 Å². The Morgan fingerprint density at radius 2 is 2.00 bits per heavy atom. The highest BCUT2D eigenvalue weighted by Crippen LogP contribution is 2.36. The molecule has 7 heteroatoms. The Bertz CT molecular complexity index is 569. The number of para-hydroxylation sites is 1. The quantitative estimate of drug-likeness (QED) is 0.519. The number of carbonyl (C=O) groups is 1. The summed E-state index contributed by atoms with van der Waals surface area (Å²) in [6.45, 7) is 4.69.